The molecule has 0 bridgehead atoms. The Bertz CT molecular complexity index is 493. The average molecular weight is 306 g/mol. The summed E-state index contributed by atoms with van der Waals surface area (Å²) in [5.74, 6) is -4.93. The maximum atomic E-state index is 13.1. The smallest absolute Gasteiger partial charge is 0.434 e. The normalized spacial score (nSPS) is 12.6. The number of carboxylic acid groups (broad SMARTS) is 1. The minimum atomic E-state index is -5.83. The molecule has 0 heterocycles. The van der Waals surface area contributed by atoms with Gasteiger partial charge >= 0.3 is 18.3 Å². The van der Waals surface area contributed by atoms with Gasteiger partial charge < -0.3 is 9.84 Å². The fraction of sp³-hybridized carbons (Fsp3) is 0.300. The predicted octanol–water partition coefficient (Wildman–Crippen LogP) is 3.40. The molecule has 10 heteroatoms. The molecular weight excluding hydrogens is 301 g/mol. The van der Waals surface area contributed by atoms with Gasteiger partial charge in [0.2, 0.25) is 0 Å². The summed E-state index contributed by atoms with van der Waals surface area (Å²) in [6.45, 7) is 0. The lowest BCUT2D eigenvalue weighted by atomic mass is 10.2. The fourth-order valence-corrected chi connectivity index (χ4v) is 1.26. The van der Waals surface area contributed by atoms with Gasteiger partial charge in [-0.05, 0) is 12.1 Å². The van der Waals surface area contributed by atoms with Crippen LogP contribution in [0.15, 0.2) is 18.2 Å². The lowest BCUT2D eigenvalue weighted by Crippen LogP contribution is -2.46. The van der Waals surface area contributed by atoms with E-state index >= 15 is 0 Å². The van der Waals surface area contributed by atoms with E-state index in [-0.39, 0.29) is 0 Å². The first-order valence-electron chi connectivity index (χ1n) is 4.76. The molecule has 0 aliphatic carbocycles. The van der Waals surface area contributed by atoms with E-state index in [2.05, 4.69) is 4.74 Å². The first-order valence-corrected chi connectivity index (χ1v) is 4.76. The number of aromatic carboxylic acids is 1. The summed E-state index contributed by atoms with van der Waals surface area (Å²) < 4.78 is 90.3. The van der Waals surface area contributed by atoms with Gasteiger partial charge in [0.1, 0.15) is 17.1 Å². The van der Waals surface area contributed by atoms with Gasteiger partial charge in [-0.2, -0.15) is 26.3 Å². The molecule has 0 unspecified atom stereocenters. The third kappa shape index (κ3) is 3.52. The molecular formula is C10H5F7O3. The van der Waals surface area contributed by atoms with Crippen molar-refractivity contribution >= 4 is 5.97 Å². The van der Waals surface area contributed by atoms with Crippen LogP contribution in [-0.4, -0.2) is 29.5 Å². The number of carboxylic acids is 1. The molecule has 1 aromatic carbocycles. The molecule has 1 N–H and O–H groups in total. The lowest BCUT2D eigenvalue weighted by Gasteiger charge is -2.24. The summed E-state index contributed by atoms with van der Waals surface area (Å²) in [7, 11) is 0. The topological polar surface area (TPSA) is 46.5 Å². The SMILES string of the molecule is O=C(O)c1c(F)cccc1OC(C(F)(F)F)C(F)(F)F. The number of carbonyl (C=O) groups is 1. The molecule has 0 saturated heterocycles. The van der Waals surface area contributed by atoms with Crippen molar-refractivity contribution in [3.05, 3.63) is 29.6 Å². The number of alkyl halides is 6. The molecule has 0 aliphatic heterocycles. The highest BCUT2D eigenvalue weighted by Gasteiger charge is 2.59. The number of rotatable bonds is 3. The summed E-state index contributed by atoms with van der Waals surface area (Å²) in [6.07, 6.45) is -15.9. The maximum Gasteiger partial charge on any atom is 0.434 e. The predicted molar refractivity (Wildman–Crippen MR) is 49.9 cm³/mol. The van der Waals surface area contributed by atoms with Crippen LogP contribution in [0.5, 0.6) is 5.75 Å². The van der Waals surface area contributed by atoms with Crippen LogP contribution in [0.25, 0.3) is 0 Å². The zero-order valence-corrected chi connectivity index (χ0v) is 9.22. The van der Waals surface area contributed by atoms with Gasteiger partial charge in [0, 0.05) is 0 Å². The number of halogens is 7. The van der Waals surface area contributed by atoms with E-state index in [0.29, 0.717) is 12.1 Å². The Kier molecular flexibility index (Phi) is 4.15. The summed E-state index contributed by atoms with van der Waals surface area (Å²) in [6, 6.07) is 1.78. The summed E-state index contributed by atoms with van der Waals surface area (Å²) in [4.78, 5) is 10.6. The van der Waals surface area contributed by atoms with Gasteiger partial charge in [-0.15, -0.1) is 0 Å². The van der Waals surface area contributed by atoms with Crippen LogP contribution in [0.1, 0.15) is 10.4 Å². The Morgan fingerprint density at radius 2 is 1.60 bits per heavy atom. The Hall–Kier alpha value is -2.00. The van der Waals surface area contributed by atoms with Crippen molar-refractivity contribution in [2.75, 3.05) is 0 Å². The van der Waals surface area contributed by atoms with E-state index in [9.17, 15) is 35.5 Å². The zero-order valence-electron chi connectivity index (χ0n) is 9.22. The standard InChI is InChI=1S/C10H5F7O3/c11-4-2-1-3-5(6(4)7(18)19)20-8(9(12,13)14)10(15,16)17/h1-3,8H,(H,18,19). The van der Waals surface area contributed by atoms with Gasteiger partial charge in [0.05, 0.1) is 0 Å². The second kappa shape index (κ2) is 5.17. The van der Waals surface area contributed by atoms with Crippen molar-refractivity contribution in [2.45, 2.75) is 18.5 Å². The van der Waals surface area contributed by atoms with Crippen molar-refractivity contribution < 1.29 is 45.4 Å². The molecule has 0 saturated carbocycles. The van der Waals surface area contributed by atoms with Crippen LogP contribution in [0.3, 0.4) is 0 Å². The van der Waals surface area contributed by atoms with Crippen LogP contribution in [-0.2, 0) is 0 Å². The van der Waals surface area contributed by atoms with E-state index in [4.69, 9.17) is 5.11 Å². The molecule has 0 amide bonds. The Morgan fingerprint density at radius 3 is 2.00 bits per heavy atom. The summed E-state index contributed by atoms with van der Waals surface area (Å²) in [5.41, 5.74) is -1.41. The van der Waals surface area contributed by atoms with Crippen LogP contribution in [0.4, 0.5) is 30.7 Å². The van der Waals surface area contributed by atoms with Gasteiger partial charge in [-0.25, -0.2) is 9.18 Å². The molecule has 1 rings (SSSR count). The minimum absolute atomic E-state index is 0.497. The van der Waals surface area contributed by atoms with Gasteiger partial charge in [-0.1, -0.05) is 6.07 Å². The molecule has 0 atom stereocenters. The first kappa shape index (κ1) is 16.1. The molecule has 0 aliphatic rings. The molecule has 0 aromatic heterocycles. The third-order valence-corrected chi connectivity index (χ3v) is 2.03. The molecule has 0 radical (unpaired) electrons. The third-order valence-electron chi connectivity index (χ3n) is 2.03. The second-order valence-electron chi connectivity index (χ2n) is 3.50. The van der Waals surface area contributed by atoms with E-state index in [1.807, 2.05) is 0 Å². The van der Waals surface area contributed by atoms with E-state index in [0.717, 1.165) is 6.07 Å². The van der Waals surface area contributed by atoms with Crippen LogP contribution < -0.4 is 4.74 Å². The lowest BCUT2D eigenvalue weighted by molar-refractivity contribution is -0.300. The number of hydrogen-bond donors (Lipinski definition) is 1. The van der Waals surface area contributed by atoms with Crippen molar-refractivity contribution in [3.8, 4) is 5.75 Å². The van der Waals surface area contributed by atoms with E-state index in [1.165, 1.54) is 0 Å². The average Bonchev–Trinajstić information content (AvgIpc) is 2.22. The van der Waals surface area contributed by atoms with Crippen molar-refractivity contribution in [3.63, 3.8) is 0 Å². The largest absolute Gasteiger partial charge is 0.477 e. The van der Waals surface area contributed by atoms with Crippen LogP contribution >= 0.6 is 0 Å². The van der Waals surface area contributed by atoms with Crippen LogP contribution in [0, 0.1) is 5.82 Å². The Labute approximate surface area is 106 Å². The highest BCUT2D eigenvalue weighted by Crippen LogP contribution is 2.37. The zero-order chi connectivity index (χ0) is 15.7. The molecule has 0 fully saturated rings. The van der Waals surface area contributed by atoms with Gasteiger partial charge in [0.15, 0.2) is 0 Å². The quantitative estimate of drug-likeness (QED) is 0.871. The van der Waals surface area contributed by atoms with Crippen molar-refractivity contribution in [2.24, 2.45) is 0 Å². The van der Waals surface area contributed by atoms with Crippen molar-refractivity contribution in [1.82, 2.24) is 0 Å². The van der Waals surface area contributed by atoms with Crippen LogP contribution in [0.2, 0.25) is 0 Å². The van der Waals surface area contributed by atoms with E-state index < -0.39 is 41.6 Å². The van der Waals surface area contributed by atoms with Crippen molar-refractivity contribution in [1.29, 1.82) is 0 Å². The van der Waals surface area contributed by atoms with Gasteiger partial charge in [0.25, 0.3) is 6.10 Å². The van der Waals surface area contributed by atoms with E-state index in [1.54, 1.807) is 0 Å². The second-order valence-corrected chi connectivity index (χ2v) is 3.50. The number of ether oxygens (including phenoxy) is 1. The minimum Gasteiger partial charge on any atom is -0.477 e. The molecule has 3 nitrogen and oxygen atoms in total. The first-order chi connectivity index (χ1) is 8.94. The number of hydrogen-bond acceptors (Lipinski definition) is 2. The summed E-state index contributed by atoms with van der Waals surface area (Å²) in [5, 5.41) is 8.58. The summed E-state index contributed by atoms with van der Waals surface area (Å²) >= 11 is 0. The maximum absolute atomic E-state index is 13.1. The monoisotopic (exact) mass is 306 g/mol. The number of benzene rings is 1. The molecule has 0 spiro atoms. The highest BCUT2D eigenvalue weighted by atomic mass is 19.4. The Morgan fingerprint density at radius 1 is 1.10 bits per heavy atom. The fourth-order valence-electron chi connectivity index (χ4n) is 1.26. The molecule has 1 aromatic rings. The molecule has 20 heavy (non-hydrogen) atoms. The molecule has 112 valence electrons. The highest BCUT2D eigenvalue weighted by molar-refractivity contribution is 5.91. The van der Waals surface area contributed by atoms with Gasteiger partial charge in [-0.3, -0.25) is 0 Å². The Balaban J connectivity index is 3.26.